The van der Waals surface area contributed by atoms with E-state index in [9.17, 15) is 9.59 Å². The van der Waals surface area contributed by atoms with E-state index in [1.807, 2.05) is 6.92 Å². The Labute approximate surface area is 147 Å². The van der Waals surface area contributed by atoms with Crippen molar-refractivity contribution in [3.8, 4) is 0 Å². The normalized spacial score (nSPS) is 20.2. The summed E-state index contributed by atoms with van der Waals surface area (Å²) >= 11 is 1.38. The number of hydrogen-bond acceptors (Lipinski definition) is 5. The maximum Gasteiger partial charge on any atom is 0.263 e. The highest BCUT2D eigenvalue weighted by molar-refractivity contribution is 7.11. The molecule has 7 heteroatoms. The van der Waals surface area contributed by atoms with Crippen LogP contribution in [0, 0.1) is 6.92 Å². The molecule has 1 saturated carbocycles. The van der Waals surface area contributed by atoms with E-state index in [0.29, 0.717) is 17.5 Å². The number of likely N-dealkylation sites (tertiary alicyclic amines) is 1. The Morgan fingerprint density at radius 2 is 1.83 bits per heavy atom. The Morgan fingerprint density at radius 3 is 2.46 bits per heavy atom. The summed E-state index contributed by atoms with van der Waals surface area (Å²) in [6.45, 7) is 4.04. The summed E-state index contributed by atoms with van der Waals surface area (Å²) in [7, 11) is 0. The average molecular weight is 350 g/mol. The molecule has 1 aliphatic heterocycles. The van der Waals surface area contributed by atoms with Crippen molar-refractivity contribution in [2.24, 2.45) is 0 Å². The topological polar surface area (TPSA) is 74.3 Å². The second-order valence-electron chi connectivity index (χ2n) is 6.84. The fourth-order valence-electron chi connectivity index (χ4n) is 3.55. The van der Waals surface area contributed by atoms with E-state index < -0.39 is 0 Å². The van der Waals surface area contributed by atoms with Crippen molar-refractivity contribution < 1.29 is 9.59 Å². The second-order valence-corrected chi connectivity index (χ2v) is 7.69. The third kappa shape index (κ3) is 4.54. The van der Waals surface area contributed by atoms with Gasteiger partial charge in [-0.3, -0.25) is 14.5 Å². The molecule has 2 fully saturated rings. The van der Waals surface area contributed by atoms with Gasteiger partial charge in [0.2, 0.25) is 5.91 Å². The lowest BCUT2D eigenvalue weighted by Gasteiger charge is -2.32. The Balaban J connectivity index is 1.38. The molecule has 0 unspecified atom stereocenters. The van der Waals surface area contributed by atoms with Crippen molar-refractivity contribution in [3.05, 3.63) is 16.1 Å². The summed E-state index contributed by atoms with van der Waals surface area (Å²) in [5.41, 5.74) is 2.49. The fourth-order valence-corrected chi connectivity index (χ4v) is 4.26. The van der Waals surface area contributed by atoms with Gasteiger partial charge < -0.3 is 10.6 Å². The van der Waals surface area contributed by atoms with Gasteiger partial charge in [-0.1, -0.05) is 12.8 Å². The van der Waals surface area contributed by atoms with Crippen molar-refractivity contribution in [2.75, 3.05) is 19.6 Å². The van der Waals surface area contributed by atoms with Crippen LogP contribution in [0.4, 0.5) is 0 Å². The molecule has 6 nitrogen and oxygen atoms in total. The highest BCUT2D eigenvalue weighted by Gasteiger charge is 2.24. The molecular formula is C17H26N4O2S. The molecule has 3 rings (SSSR count). The summed E-state index contributed by atoms with van der Waals surface area (Å²) < 4.78 is 0. The number of amides is 2. The number of piperidine rings is 1. The van der Waals surface area contributed by atoms with Crippen LogP contribution in [-0.4, -0.2) is 53.4 Å². The van der Waals surface area contributed by atoms with E-state index in [1.165, 1.54) is 24.2 Å². The molecule has 0 spiro atoms. The first-order valence-electron chi connectivity index (χ1n) is 8.84. The standard InChI is InChI=1S/C17H26N4O2S/c1-12-16(24-11-18-12)17(23)20-14-6-8-21(9-7-14)10-15(22)19-13-4-2-3-5-13/h11,13-14H,2-10H2,1H3,(H,19,22)(H,20,23). The highest BCUT2D eigenvalue weighted by atomic mass is 32.1. The Morgan fingerprint density at radius 1 is 1.17 bits per heavy atom. The lowest BCUT2D eigenvalue weighted by Crippen LogP contribution is -2.48. The van der Waals surface area contributed by atoms with Crippen LogP contribution >= 0.6 is 11.3 Å². The molecule has 24 heavy (non-hydrogen) atoms. The molecule has 1 saturated heterocycles. The molecule has 2 N–H and O–H groups in total. The number of carbonyl (C=O) groups is 2. The van der Waals surface area contributed by atoms with Crippen LogP contribution in [-0.2, 0) is 4.79 Å². The molecule has 1 aromatic heterocycles. The third-order valence-corrected chi connectivity index (χ3v) is 5.89. The first kappa shape index (κ1) is 17.4. The maximum absolute atomic E-state index is 12.2. The van der Waals surface area contributed by atoms with Crippen molar-refractivity contribution in [2.45, 2.75) is 57.5 Å². The quantitative estimate of drug-likeness (QED) is 0.848. The van der Waals surface area contributed by atoms with Gasteiger partial charge in [0.15, 0.2) is 0 Å². The van der Waals surface area contributed by atoms with Crippen LogP contribution in [0.3, 0.4) is 0 Å². The summed E-state index contributed by atoms with van der Waals surface area (Å²) in [6, 6.07) is 0.574. The molecule has 2 aliphatic rings. The van der Waals surface area contributed by atoms with Crippen LogP contribution in [0.25, 0.3) is 0 Å². The van der Waals surface area contributed by atoms with Gasteiger partial charge in [-0.25, -0.2) is 4.98 Å². The van der Waals surface area contributed by atoms with Gasteiger partial charge in [0.05, 0.1) is 17.7 Å². The van der Waals surface area contributed by atoms with Gasteiger partial charge in [0.25, 0.3) is 5.91 Å². The number of aromatic nitrogens is 1. The Hall–Kier alpha value is -1.47. The monoisotopic (exact) mass is 350 g/mol. The predicted molar refractivity (Wildman–Crippen MR) is 94.2 cm³/mol. The van der Waals surface area contributed by atoms with Gasteiger partial charge in [-0.05, 0) is 32.6 Å². The van der Waals surface area contributed by atoms with Crippen molar-refractivity contribution in [1.82, 2.24) is 20.5 Å². The van der Waals surface area contributed by atoms with E-state index in [1.54, 1.807) is 5.51 Å². The smallest absolute Gasteiger partial charge is 0.263 e. The molecule has 0 bridgehead atoms. The van der Waals surface area contributed by atoms with E-state index in [4.69, 9.17) is 0 Å². The predicted octanol–water partition coefficient (Wildman–Crippen LogP) is 1.70. The lowest BCUT2D eigenvalue weighted by atomic mass is 10.0. The summed E-state index contributed by atoms with van der Waals surface area (Å²) in [6.07, 6.45) is 6.48. The largest absolute Gasteiger partial charge is 0.352 e. The number of nitrogens with zero attached hydrogens (tertiary/aromatic N) is 2. The molecule has 1 aromatic rings. The van der Waals surface area contributed by atoms with Gasteiger partial charge in [-0.15, -0.1) is 11.3 Å². The zero-order valence-electron chi connectivity index (χ0n) is 14.2. The minimum atomic E-state index is -0.0209. The number of nitrogens with one attached hydrogen (secondary N) is 2. The number of thiazole rings is 1. The SMILES string of the molecule is Cc1ncsc1C(=O)NC1CCN(CC(=O)NC2CCCC2)CC1. The lowest BCUT2D eigenvalue weighted by molar-refractivity contribution is -0.123. The van der Waals surface area contributed by atoms with Gasteiger partial charge in [-0.2, -0.15) is 0 Å². The zero-order chi connectivity index (χ0) is 16.9. The molecule has 2 heterocycles. The van der Waals surface area contributed by atoms with Gasteiger partial charge in [0.1, 0.15) is 4.88 Å². The molecule has 0 aromatic carbocycles. The minimum absolute atomic E-state index is 0.0209. The second kappa shape index (κ2) is 8.07. The number of hydrogen-bond donors (Lipinski definition) is 2. The van der Waals surface area contributed by atoms with E-state index in [0.717, 1.165) is 44.5 Å². The van der Waals surface area contributed by atoms with Gasteiger partial charge in [0, 0.05) is 25.2 Å². The van der Waals surface area contributed by atoms with Crippen LogP contribution in [0.2, 0.25) is 0 Å². The third-order valence-electron chi connectivity index (χ3n) is 4.96. The number of aryl methyl sites for hydroxylation is 1. The first-order valence-corrected chi connectivity index (χ1v) is 9.72. The fraction of sp³-hybridized carbons (Fsp3) is 0.706. The summed E-state index contributed by atoms with van der Waals surface area (Å²) in [5.74, 6) is 0.122. The number of rotatable bonds is 5. The van der Waals surface area contributed by atoms with Crippen molar-refractivity contribution in [3.63, 3.8) is 0 Å². The molecule has 0 radical (unpaired) electrons. The first-order chi connectivity index (χ1) is 11.6. The molecule has 1 aliphatic carbocycles. The highest BCUT2D eigenvalue weighted by Crippen LogP contribution is 2.18. The van der Waals surface area contributed by atoms with Crippen molar-refractivity contribution >= 4 is 23.2 Å². The Kier molecular flexibility index (Phi) is 5.84. The van der Waals surface area contributed by atoms with E-state index in [-0.39, 0.29) is 17.9 Å². The Bertz CT molecular complexity index is 575. The van der Waals surface area contributed by atoms with E-state index in [2.05, 4.69) is 20.5 Å². The van der Waals surface area contributed by atoms with Crippen LogP contribution < -0.4 is 10.6 Å². The average Bonchev–Trinajstić information content (AvgIpc) is 3.20. The van der Waals surface area contributed by atoms with Crippen LogP contribution in [0.1, 0.15) is 53.9 Å². The summed E-state index contributed by atoms with van der Waals surface area (Å²) in [5, 5.41) is 6.24. The maximum atomic E-state index is 12.2. The zero-order valence-corrected chi connectivity index (χ0v) is 15.0. The van der Waals surface area contributed by atoms with Crippen molar-refractivity contribution in [1.29, 1.82) is 0 Å². The van der Waals surface area contributed by atoms with Crippen LogP contribution in [0.15, 0.2) is 5.51 Å². The molecule has 132 valence electrons. The number of carbonyl (C=O) groups excluding carboxylic acids is 2. The van der Waals surface area contributed by atoms with E-state index >= 15 is 0 Å². The van der Waals surface area contributed by atoms with Gasteiger partial charge >= 0.3 is 0 Å². The molecule has 0 atom stereocenters. The molecular weight excluding hydrogens is 324 g/mol. The minimum Gasteiger partial charge on any atom is -0.352 e. The summed E-state index contributed by atoms with van der Waals surface area (Å²) in [4.78, 5) is 31.3. The van der Waals surface area contributed by atoms with Crippen LogP contribution in [0.5, 0.6) is 0 Å². The molecule has 2 amide bonds.